The molecule has 7 nitrogen and oxygen atoms in total. The van der Waals surface area contributed by atoms with Crippen LogP contribution in [0.25, 0.3) is 0 Å². The number of amides is 1. The van der Waals surface area contributed by atoms with Gasteiger partial charge in [-0.15, -0.1) is 0 Å². The topological polar surface area (TPSA) is 87.2 Å². The predicted molar refractivity (Wildman–Crippen MR) is 83.8 cm³/mol. The van der Waals surface area contributed by atoms with Gasteiger partial charge in [0.05, 0.1) is 0 Å². The fourth-order valence-corrected chi connectivity index (χ4v) is 2.92. The first-order valence-corrected chi connectivity index (χ1v) is 7.79. The molecule has 1 saturated heterocycles. The lowest BCUT2D eigenvalue weighted by Crippen LogP contribution is -2.43. The van der Waals surface area contributed by atoms with E-state index in [1.807, 2.05) is 0 Å². The summed E-state index contributed by atoms with van der Waals surface area (Å²) in [7, 11) is 0. The summed E-state index contributed by atoms with van der Waals surface area (Å²) >= 11 is 0. The van der Waals surface area contributed by atoms with Crippen LogP contribution in [0.3, 0.4) is 0 Å². The number of carbonyl (C=O) groups excluding carboxylic acids is 1. The second kappa shape index (κ2) is 7.40. The number of aromatic amines is 1. The number of H-pyrrole nitrogens is 1. The zero-order chi connectivity index (χ0) is 16.1. The van der Waals surface area contributed by atoms with Gasteiger partial charge in [-0.2, -0.15) is 0 Å². The zero-order valence-electron chi connectivity index (χ0n) is 13.2. The minimum absolute atomic E-state index is 0.0753. The van der Waals surface area contributed by atoms with E-state index in [4.69, 9.17) is 0 Å². The predicted octanol–water partition coefficient (Wildman–Crippen LogP) is -0.0843. The van der Waals surface area contributed by atoms with Crippen LogP contribution in [0.5, 0.6) is 0 Å². The highest BCUT2D eigenvalue weighted by molar-refractivity contribution is 5.75. The highest BCUT2D eigenvalue weighted by Crippen LogP contribution is 2.19. The monoisotopic (exact) mass is 308 g/mol. The van der Waals surface area contributed by atoms with Crippen LogP contribution in [0.4, 0.5) is 0 Å². The van der Waals surface area contributed by atoms with E-state index in [9.17, 15) is 14.4 Å². The molecule has 1 aromatic rings. The first-order valence-electron chi connectivity index (χ1n) is 7.79. The number of likely N-dealkylation sites (tertiary alicyclic amines) is 1. The molecule has 0 radical (unpaired) electrons. The van der Waals surface area contributed by atoms with Gasteiger partial charge in [0.15, 0.2) is 0 Å². The lowest BCUT2D eigenvalue weighted by Gasteiger charge is -2.28. The van der Waals surface area contributed by atoms with Crippen LogP contribution >= 0.6 is 0 Å². The van der Waals surface area contributed by atoms with Crippen molar-refractivity contribution in [3.05, 3.63) is 33.1 Å². The van der Waals surface area contributed by atoms with Gasteiger partial charge < -0.3 is 9.88 Å². The van der Waals surface area contributed by atoms with Crippen LogP contribution in [-0.4, -0.2) is 45.5 Å². The molecule has 0 saturated carbocycles. The molecule has 1 aliphatic heterocycles. The molecular weight excluding hydrogens is 284 g/mol. The maximum absolute atomic E-state index is 11.9. The summed E-state index contributed by atoms with van der Waals surface area (Å²) in [6.45, 7) is 6.34. The van der Waals surface area contributed by atoms with Crippen molar-refractivity contribution in [1.29, 1.82) is 0 Å². The van der Waals surface area contributed by atoms with Crippen LogP contribution in [0.2, 0.25) is 0 Å². The summed E-state index contributed by atoms with van der Waals surface area (Å²) in [4.78, 5) is 39.0. The molecule has 0 bridgehead atoms. The molecule has 1 fully saturated rings. The lowest BCUT2D eigenvalue weighted by molar-refractivity contribution is -0.121. The number of hydrogen-bond donors (Lipinski definition) is 2. The van der Waals surface area contributed by atoms with Gasteiger partial charge in [-0.3, -0.25) is 19.5 Å². The average Bonchev–Trinajstić information content (AvgIpc) is 2.92. The number of aromatic nitrogens is 2. The number of carbonyl (C=O) groups is 1. The number of rotatable bonds is 6. The Morgan fingerprint density at radius 1 is 1.45 bits per heavy atom. The van der Waals surface area contributed by atoms with Crippen molar-refractivity contribution in [2.75, 3.05) is 13.1 Å². The van der Waals surface area contributed by atoms with Gasteiger partial charge in [0.1, 0.15) is 0 Å². The van der Waals surface area contributed by atoms with Gasteiger partial charge >= 0.3 is 5.69 Å². The third kappa shape index (κ3) is 4.30. The quantitative estimate of drug-likeness (QED) is 0.769. The van der Waals surface area contributed by atoms with E-state index < -0.39 is 11.2 Å². The van der Waals surface area contributed by atoms with E-state index in [2.05, 4.69) is 29.0 Å². The Labute approximate surface area is 129 Å². The van der Waals surface area contributed by atoms with E-state index in [0.29, 0.717) is 18.6 Å². The summed E-state index contributed by atoms with van der Waals surface area (Å²) in [5.74, 6) is -0.0753. The van der Waals surface area contributed by atoms with Crippen molar-refractivity contribution in [2.24, 2.45) is 0 Å². The number of nitrogens with zero attached hydrogens (tertiary/aromatic N) is 2. The van der Waals surface area contributed by atoms with Gasteiger partial charge in [-0.1, -0.05) is 0 Å². The molecule has 22 heavy (non-hydrogen) atoms. The van der Waals surface area contributed by atoms with E-state index in [0.717, 1.165) is 13.0 Å². The Bertz CT molecular complexity index is 620. The fourth-order valence-electron chi connectivity index (χ4n) is 2.92. The van der Waals surface area contributed by atoms with E-state index in [-0.39, 0.29) is 18.9 Å². The molecule has 2 N–H and O–H groups in total. The van der Waals surface area contributed by atoms with E-state index in [1.54, 1.807) is 0 Å². The summed E-state index contributed by atoms with van der Waals surface area (Å²) < 4.78 is 1.33. The van der Waals surface area contributed by atoms with Gasteiger partial charge in [0.25, 0.3) is 5.56 Å². The molecular formula is C15H24N4O3. The zero-order valence-corrected chi connectivity index (χ0v) is 13.2. The Hall–Kier alpha value is -1.89. The Morgan fingerprint density at radius 2 is 2.23 bits per heavy atom. The molecule has 1 aromatic heterocycles. The van der Waals surface area contributed by atoms with Gasteiger partial charge in [-0.05, 0) is 33.2 Å². The number of aryl methyl sites for hydroxylation is 1. The third-order valence-corrected chi connectivity index (χ3v) is 4.10. The Balaban J connectivity index is 1.78. The van der Waals surface area contributed by atoms with Crippen molar-refractivity contribution in [1.82, 2.24) is 19.8 Å². The fraction of sp³-hybridized carbons (Fsp3) is 0.667. The van der Waals surface area contributed by atoms with Crippen LogP contribution in [0, 0.1) is 0 Å². The lowest BCUT2D eigenvalue weighted by atomic mass is 10.2. The molecule has 2 heterocycles. The first kappa shape index (κ1) is 16.5. The van der Waals surface area contributed by atoms with Gasteiger partial charge in [-0.25, -0.2) is 4.79 Å². The summed E-state index contributed by atoms with van der Waals surface area (Å²) in [5, 5.41) is 2.94. The van der Waals surface area contributed by atoms with Crippen molar-refractivity contribution < 1.29 is 4.79 Å². The average molecular weight is 308 g/mol. The molecule has 1 aliphatic rings. The standard InChI is InChI=1S/C15H24N4O3/c1-11(2)19-7-3-4-12(19)10-16-13(20)5-8-18-9-6-14(21)17-15(18)22/h6,9,11-12H,3-5,7-8,10H2,1-2H3,(H,16,20)(H,17,21,22)/t12-/m1/s1. The molecule has 0 spiro atoms. The number of hydrogen-bond acceptors (Lipinski definition) is 4. The van der Waals surface area contributed by atoms with Crippen molar-refractivity contribution >= 4 is 5.91 Å². The van der Waals surface area contributed by atoms with E-state index in [1.165, 1.54) is 23.3 Å². The highest BCUT2D eigenvalue weighted by Gasteiger charge is 2.26. The van der Waals surface area contributed by atoms with Crippen molar-refractivity contribution in [2.45, 2.75) is 51.7 Å². The minimum Gasteiger partial charge on any atom is -0.354 e. The molecule has 1 amide bonds. The molecule has 7 heteroatoms. The SMILES string of the molecule is CC(C)N1CCC[C@@H]1CNC(=O)CCn1ccc(=O)[nH]c1=O. The first-order chi connectivity index (χ1) is 10.5. The van der Waals surface area contributed by atoms with Crippen LogP contribution < -0.4 is 16.6 Å². The van der Waals surface area contributed by atoms with Crippen LogP contribution in [0.15, 0.2) is 21.9 Å². The maximum atomic E-state index is 11.9. The molecule has 2 rings (SSSR count). The molecule has 122 valence electrons. The second-order valence-electron chi connectivity index (χ2n) is 5.99. The highest BCUT2D eigenvalue weighted by atomic mass is 16.2. The Kier molecular flexibility index (Phi) is 5.54. The van der Waals surface area contributed by atoms with Crippen molar-refractivity contribution in [3.8, 4) is 0 Å². The molecule has 0 aliphatic carbocycles. The smallest absolute Gasteiger partial charge is 0.328 e. The molecule has 0 unspecified atom stereocenters. The van der Waals surface area contributed by atoms with Gasteiger partial charge in [0.2, 0.25) is 5.91 Å². The van der Waals surface area contributed by atoms with Gasteiger partial charge in [0, 0.05) is 43.9 Å². The molecule has 1 atom stereocenters. The second-order valence-corrected chi connectivity index (χ2v) is 5.99. The largest absolute Gasteiger partial charge is 0.354 e. The summed E-state index contributed by atoms with van der Waals surface area (Å²) in [5.41, 5.74) is -0.914. The van der Waals surface area contributed by atoms with Crippen LogP contribution in [0.1, 0.15) is 33.1 Å². The maximum Gasteiger partial charge on any atom is 0.328 e. The normalized spacial score (nSPS) is 18.8. The summed E-state index contributed by atoms with van der Waals surface area (Å²) in [6, 6.07) is 2.17. The minimum atomic E-state index is -0.484. The Morgan fingerprint density at radius 3 is 2.91 bits per heavy atom. The van der Waals surface area contributed by atoms with Crippen LogP contribution in [-0.2, 0) is 11.3 Å². The summed E-state index contributed by atoms with van der Waals surface area (Å²) in [6.07, 6.45) is 3.91. The molecule has 0 aromatic carbocycles. The third-order valence-electron chi connectivity index (χ3n) is 4.10. The van der Waals surface area contributed by atoms with E-state index >= 15 is 0 Å². The number of nitrogens with one attached hydrogen (secondary N) is 2. The van der Waals surface area contributed by atoms with Crippen molar-refractivity contribution in [3.63, 3.8) is 0 Å².